The molecular formula is C15H10Br2ClNO. The van der Waals surface area contributed by atoms with E-state index in [0.29, 0.717) is 10.6 Å². The second-order valence-electron chi connectivity index (χ2n) is 3.98. The minimum atomic E-state index is -0.0618. The van der Waals surface area contributed by atoms with Crippen LogP contribution >= 0.6 is 43.5 Å². The highest BCUT2D eigenvalue weighted by atomic mass is 79.9. The van der Waals surface area contributed by atoms with Gasteiger partial charge in [-0.05, 0) is 58.4 Å². The Bertz CT molecular complexity index is 653. The number of anilines is 1. The Kier molecular flexibility index (Phi) is 5.40. The van der Waals surface area contributed by atoms with Crippen LogP contribution in [0, 0.1) is 0 Å². The fourth-order valence-electron chi connectivity index (χ4n) is 1.51. The summed E-state index contributed by atoms with van der Waals surface area (Å²) < 4.78 is 1.78. The van der Waals surface area contributed by atoms with E-state index in [1.807, 2.05) is 24.3 Å². The van der Waals surface area contributed by atoms with Crippen LogP contribution in [0.25, 0.3) is 0 Å². The van der Waals surface area contributed by atoms with Gasteiger partial charge >= 0.3 is 0 Å². The molecule has 0 saturated carbocycles. The average molecular weight is 416 g/mol. The summed E-state index contributed by atoms with van der Waals surface area (Å²) >= 11 is 12.6. The number of allylic oxidation sites excluding steroid dienone is 1. The summed E-state index contributed by atoms with van der Waals surface area (Å²) in [5.41, 5.74) is 1.46. The van der Waals surface area contributed by atoms with Crippen molar-refractivity contribution < 1.29 is 4.79 Å². The Labute approximate surface area is 139 Å². The molecule has 102 valence electrons. The van der Waals surface area contributed by atoms with Gasteiger partial charge in [-0.2, -0.15) is 0 Å². The fourth-order valence-corrected chi connectivity index (χ4v) is 2.20. The molecule has 5 heteroatoms. The molecule has 0 aliphatic heterocycles. The Balaban J connectivity index is 2.00. The third kappa shape index (κ3) is 4.20. The van der Waals surface area contributed by atoms with Crippen molar-refractivity contribution in [2.24, 2.45) is 0 Å². The largest absolute Gasteiger partial charge is 0.362 e. The monoisotopic (exact) mass is 413 g/mol. The second-order valence-corrected chi connectivity index (χ2v) is 6.15. The minimum Gasteiger partial charge on any atom is -0.362 e. The van der Waals surface area contributed by atoms with Crippen LogP contribution in [-0.2, 0) is 0 Å². The van der Waals surface area contributed by atoms with E-state index in [9.17, 15) is 4.79 Å². The van der Waals surface area contributed by atoms with E-state index in [2.05, 4.69) is 37.2 Å². The molecule has 0 unspecified atom stereocenters. The molecule has 0 heterocycles. The molecule has 0 aliphatic rings. The molecule has 0 saturated heterocycles. The van der Waals surface area contributed by atoms with Crippen molar-refractivity contribution in [1.82, 2.24) is 0 Å². The highest BCUT2D eigenvalue weighted by Crippen LogP contribution is 2.25. The molecule has 20 heavy (non-hydrogen) atoms. The number of benzene rings is 2. The Morgan fingerprint density at radius 3 is 2.45 bits per heavy atom. The van der Waals surface area contributed by atoms with Crippen LogP contribution in [0.3, 0.4) is 0 Å². The van der Waals surface area contributed by atoms with Crippen LogP contribution in [0.4, 0.5) is 5.69 Å². The summed E-state index contributed by atoms with van der Waals surface area (Å²) in [5.74, 6) is -0.0618. The average Bonchev–Trinajstić information content (AvgIpc) is 2.43. The summed E-state index contributed by atoms with van der Waals surface area (Å²) in [4.78, 5) is 11.9. The predicted molar refractivity (Wildman–Crippen MR) is 90.4 cm³/mol. The standard InChI is InChI=1S/C15H10Br2ClNO/c16-11-3-1-10(2-4-11)15(20)7-8-19-12-5-6-13(17)14(18)9-12/h1-9,19H/b8-7+. The number of hydrogen-bond donors (Lipinski definition) is 1. The van der Waals surface area contributed by atoms with Crippen LogP contribution in [0.1, 0.15) is 10.4 Å². The van der Waals surface area contributed by atoms with Crippen LogP contribution in [0.2, 0.25) is 5.02 Å². The number of ketones is 1. The van der Waals surface area contributed by atoms with Gasteiger partial charge in [0.05, 0.1) is 5.02 Å². The zero-order valence-corrected chi connectivity index (χ0v) is 14.2. The van der Waals surface area contributed by atoms with Gasteiger partial charge < -0.3 is 5.32 Å². The van der Waals surface area contributed by atoms with Gasteiger partial charge in [-0.3, -0.25) is 4.79 Å². The SMILES string of the molecule is O=C(/C=C/Nc1ccc(Br)c(Cl)c1)c1ccc(Br)cc1. The molecular weight excluding hydrogens is 405 g/mol. The number of nitrogens with one attached hydrogen (secondary N) is 1. The zero-order valence-electron chi connectivity index (χ0n) is 10.2. The summed E-state index contributed by atoms with van der Waals surface area (Å²) in [6.07, 6.45) is 3.09. The van der Waals surface area contributed by atoms with E-state index in [-0.39, 0.29) is 5.78 Å². The predicted octanol–water partition coefficient (Wildman–Crippen LogP) is 5.67. The van der Waals surface area contributed by atoms with E-state index in [0.717, 1.165) is 14.6 Å². The maximum absolute atomic E-state index is 11.9. The molecule has 1 N–H and O–H groups in total. The van der Waals surface area contributed by atoms with Gasteiger partial charge in [-0.15, -0.1) is 0 Å². The molecule has 0 radical (unpaired) electrons. The Hall–Kier alpha value is -1.10. The molecule has 2 nitrogen and oxygen atoms in total. The molecule has 2 aromatic rings. The van der Waals surface area contributed by atoms with E-state index >= 15 is 0 Å². The lowest BCUT2D eigenvalue weighted by Crippen LogP contribution is -1.96. The van der Waals surface area contributed by atoms with Gasteiger partial charge in [0.2, 0.25) is 0 Å². The molecule has 0 aromatic heterocycles. The molecule has 2 rings (SSSR count). The number of carbonyl (C=O) groups excluding carboxylic acids is 1. The van der Waals surface area contributed by atoms with E-state index in [1.165, 1.54) is 6.08 Å². The quantitative estimate of drug-likeness (QED) is 0.515. The van der Waals surface area contributed by atoms with Gasteiger partial charge in [-0.1, -0.05) is 27.5 Å². The first-order valence-corrected chi connectivity index (χ1v) is 7.71. The maximum Gasteiger partial charge on any atom is 0.187 e. The first-order valence-electron chi connectivity index (χ1n) is 5.74. The van der Waals surface area contributed by atoms with Gasteiger partial charge in [0.25, 0.3) is 0 Å². The van der Waals surface area contributed by atoms with Crippen molar-refractivity contribution >= 4 is 54.9 Å². The van der Waals surface area contributed by atoms with Crippen molar-refractivity contribution in [2.45, 2.75) is 0 Å². The molecule has 0 bridgehead atoms. The summed E-state index contributed by atoms with van der Waals surface area (Å²) in [7, 11) is 0. The van der Waals surface area contributed by atoms with Gasteiger partial charge in [0.1, 0.15) is 0 Å². The lowest BCUT2D eigenvalue weighted by molar-refractivity contribution is 0.104. The van der Waals surface area contributed by atoms with Crippen molar-refractivity contribution in [3.8, 4) is 0 Å². The molecule has 0 fully saturated rings. The molecule has 2 aromatic carbocycles. The van der Waals surface area contributed by atoms with Gasteiger partial charge in [0.15, 0.2) is 5.78 Å². The van der Waals surface area contributed by atoms with Crippen LogP contribution < -0.4 is 5.32 Å². The third-order valence-corrected chi connectivity index (χ3v) is 4.29. The number of carbonyl (C=O) groups is 1. The smallest absolute Gasteiger partial charge is 0.187 e. The summed E-state index contributed by atoms with van der Waals surface area (Å²) in [6, 6.07) is 12.7. The van der Waals surface area contributed by atoms with Crippen molar-refractivity contribution in [1.29, 1.82) is 0 Å². The lowest BCUT2D eigenvalue weighted by atomic mass is 10.1. The zero-order chi connectivity index (χ0) is 14.5. The summed E-state index contributed by atoms with van der Waals surface area (Å²) in [6.45, 7) is 0. The van der Waals surface area contributed by atoms with Crippen molar-refractivity contribution in [3.05, 3.63) is 74.3 Å². The van der Waals surface area contributed by atoms with Gasteiger partial charge in [-0.25, -0.2) is 0 Å². The van der Waals surface area contributed by atoms with Crippen molar-refractivity contribution in [2.75, 3.05) is 5.32 Å². The van der Waals surface area contributed by atoms with E-state index in [1.54, 1.807) is 24.4 Å². The topological polar surface area (TPSA) is 29.1 Å². The highest BCUT2D eigenvalue weighted by Gasteiger charge is 2.01. The summed E-state index contributed by atoms with van der Waals surface area (Å²) in [5, 5.41) is 3.62. The van der Waals surface area contributed by atoms with Crippen LogP contribution in [0.15, 0.2) is 63.7 Å². The first-order chi connectivity index (χ1) is 9.56. The van der Waals surface area contributed by atoms with Crippen LogP contribution in [0.5, 0.6) is 0 Å². The maximum atomic E-state index is 11.9. The fraction of sp³-hybridized carbons (Fsp3) is 0. The van der Waals surface area contributed by atoms with E-state index in [4.69, 9.17) is 11.6 Å². The number of hydrogen-bond acceptors (Lipinski definition) is 2. The third-order valence-electron chi connectivity index (χ3n) is 2.53. The van der Waals surface area contributed by atoms with Gasteiger partial charge in [0, 0.05) is 32.5 Å². The molecule has 0 aliphatic carbocycles. The number of rotatable bonds is 4. The van der Waals surface area contributed by atoms with Crippen molar-refractivity contribution in [3.63, 3.8) is 0 Å². The number of halogens is 3. The molecule has 0 amide bonds. The molecule has 0 atom stereocenters. The normalized spacial score (nSPS) is 10.8. The Morgan fingerprint density at radius 2 is 1.80 bits per heavy atom. The highest BCUT2D eigenvalue weighted by molar-refractivity contribution is 9.10. The lowest BCUT2D eigenvalue weighted by Gasteiger charge is -2.02. The second kappa shape index (κ2) is 7.07. The molecule has 0 spiro atoms. The first kappa shape index (κ1) is 15.3. The van der Waals surface area contributed by atoms with E-state index < -0.39 is 0 Å². The minimum absolute atomic E-state index is 0.0618. The Morgan fingerprint density at radius 1 is 1.10 bits per heavy atom. The van der Waals surface area contributed by atoms with Crippen LogP contribution in [-0.4, -0.2) is 5.78 Å².